The van der Waals surface area contributed by atoms with Gasteiger partial charge in [0.25, 0.3) is 0 Å². The van der Waals surface area contributed by atoms with Gasteiger partial charge in [-0.05, 0) is 26.8 Å². The number of rotatable bonds is 6. The van der Waals surface area contributed by atoms with E-state index in [1.807, 2.05) is 6.92 Å². The topological polar surface area (TPSA) is 27.0 Å². The molecule has 0 saturated carbocycles. The van der Waals surface area contributed by atoms with Crippen LogP contribution in [0.5, 0.6) is 0 Å². The molecule has 0 fully saturated rings. The van der Waals surface area contributed by atoms with Gasteiger partial charge in [0.15, 0.2) is 0 Å². The minimum atomic E-state index is 0.152. The maximum absolute atomic E-state index is 8.71. The van der Waals surface area contributed by atoms with Crippen LogP contribution in [0.3, 0.4) is 0 Å². The lowest BCUT2D eigenvalue weighted by molar-refractivity contribution is 0.195. The standard InChI is InChI=1S/C11H22N2/c1-5-7-11(4)13(6-2)9-10(3)8-12/h10-11H,5-7,9H2,1-4H3. The van der Waals surface area contributed by atoms with E-state index in [9.17, 15) is 0 Å². The molecule has 0 aromatic heterocycles. The Morgan fingerprint density at radius 3 is 2.31 bits per heavy atom. The molecule has 0 radical (unpaired) electrons. The summed E-state index contributed by atoms with van der Waals surface area (Å²) in [6.07, 6.45) is 2.45. The van der Waals surface area contributed by atoms with Crippen molar-refractivity contribution in [3.8, 4) is 6.07 Å². The average Bonchev–Trinajstić information content (AvgIpc) is 2.14. The summed E-state index contributed by atoms with van der Waals surface area (Å²) in [6.45, 7) is 10.6. The first-order valence-electron chi connectivity index (χ1n) is 5.29. The lowest BCUT2D eigenvalue weighted by Crippen LogP contribution is -2.36. The lowest BCUT2D eigenvalue weighted by atomic mass is 10.1. The van der Waals surface area contributed by atoms with E-state index >= 15 is 0 Å². The molecule has 0 saturated heterocycles. The summed E-state index contributed by atoms with van der Waals surface area (Å²) in [5.41, 5.74) is 0. The van der Waals surface area contributed by atoms with E-state index in [1.165, 1.54) is 12.8 Å². The molecule has 0 N–H and O–H groups in total. The number of hydrogen-bond donors (Lipinski definition) is 0. The predicted molar refractivity (Wildman–Crippen MR) is 56.4 cm³/mol. The molecule has 0 amide bonds. The molecule has 0 aromatic carbocycles. The third-order valence-electron chi connectivity index (χ3n) is 2.46. The van der Waals surface area contributed by atoms with E-state index in [-0.39, 0.29) is 5.92 Å². The van der Waals surface area contributed by atoms with Crippen molar-refractivity contribution in [3.05, 3.63) is 0 Å². The molecular weight excluding hydrogens is 160 g/mol. The van der Waals surface area contributed by atoms with Crippen molar-refractivity contribution in [3.63, 3.8) is 0 Å². The van der Waals surface area contributed by atoms with Crippen molar-refractivity contribution in [2.75, 3.05) is 13.1 Å². The van der Waals surface area contributed by atoms with Gasteiger partial charge in [-0.2, -0.15) is 5.26 Å². The molecule has 2 atom stereocenters. The Kier molecular flexibility index (Phi) is 6.62. The summed E-state index contributed by atoms with van der Waals surface area (Å²) in [6, 6.07) is 2.90. The number of nitriles is 1. The van der Waals surface area contributed by atoms with Gasteiger partial charge in [0, 0.05) is 12.6 Å². The molecule has 0 aliphatic carbocycles. The van der Waals surface area contributed by atoms with Crippen LogP contribution in [-0.2, 0) is 0 Å². The largest absolute Gasteiger partial charge is 0.300 e. The van der Waals surface area contributed by atoms with Crippen LogP contribution in [0.2, 0.25) is 0 Å². The number of nitrogens with zero attached hydrogens (tertiary/aromatic N) is 2. The maximum atomic E-state index is 8.71. The zero-order valence-corrected chi connectivity index (χ0v) is 9.38. The molecule has 2 heteroatoms. The van der Waals surface area contributed by atoms with Crippen LogP contribution in [0.4, 0.5) is 0 Å². The SMILES string of the molecule is CCCC(C)N(CC)CC(C)C#N. The highest BCUT2D eigenvalue weighted by Crippen LogP contribution is 2.08. The highest BCUT2D eigenvalue weighted by molar-refractivity contribution is 4.82. The Morgan fingerprint density at radius 2 is 1.92 bits per heavy atom. The molecule has 76 valence electrons. The highest BCUT2D eigenvalue weighted by Gasteiger charge is 2.13. The minimum Gasteiger partial charge on any atom is -0.300 e. The summed E-state index contributed by atoms with van der Waals surface area (Å²) in [5.74, 6) is 0.152. The zero-order valence-electron chi connectivity index (χ0n) is 9.38. The Hall–Kier alpha value is -0.550. The Balaban J connectivity index is 3.95. The van der Waals surface area contributed by atoms with Crippen molar-refractivity contribution < 1.29 is 0 Å². The second kappa shape index (κ2) is 6.91. The van der Waals surface area contributed by atoms with Crippen molar-refractivity contribution in [2.45, 2.75) is 46.6 Å². The summed E-state index contributed by atoms with van der Waals surface area (Å²) >= 11 is 0. The summed E-state index contributed by atoms with van der Waals surface area (Å²) < 4.78 is 0. The van der Waals surface area contributed by atoms with Gasteiger partial charge in [0.1, 0.15) is 0 Å². The van der Waals surface area contributed by atoms with Gasteiger partial charge in [0.2, 0.25) is 0 Å². The van der Waals surface area contributed by atoms with E-state index < -0.39 is 0 Å². The van der Waals surface area contributed by atoms with E-state index in [0.29, 0.717) is 6.04 Å². The first-order valence-corrected chi connectivity index (χ1v) is 5.29. The van der Waals surface area contributed by atoms with Crippen molar-refractivity contribution in [2.24, 2.45) is 5.92 Å². The molecule has 13 heavy (non-hydrogen) atoms. The van der Waals surface area contributed by atoms with Crippen LogP contribution in [0, 0.1) is 17.2 Å². The lowest BCUT2D eigenvalue weighted by Gasteiger charge is -2.28. The molecule has 0 heterocycles. The van der Waals surface area contributed by atoms with Crippen molar-refractivity contribution >= 4 is 0 Å². The predicted octanol–water partition coefficient (Wildman–Crippen LogP) is 2.66. The van der Waals surface area contributed by atoms with Crippen molar-refractivity contribution in [1.29, 1.82) is 5.26 Å². The molecule has 0 spiro atoms. The Labute approximate surface area is 82.5 Å². The first kappa shape index (κ1) is 12.4. The van der Waals surface area contributed by atoms with E-state index in [4.69, 9.17) is 5.26 Å². The fourth-order valence-corrected chi connectivity index (χ4v) is 1.61. The second-order valence-corrected chi connectivity index (χ2v) is 3.76. The molecule has 0 aliphatic rings. The van der Waals surface area contributed by atoms with Crippen molar-refractivity contribution in [1.82, 2.24) is 4.90 Å². The van der Waals surface area contributed by atoms with Crippen LogP contribution >= 0.6 is 0 Å². The number of hydrogen-bond acceptors (Lipinski definition) is 2. The normalized spacial score (nSPS) is 15.4. The van der Waals surface area contributed by atoms with Gasteiger partial charge >= 0.3 is 0 Å². The molecule has 0 aromatic rings. The average molecular weight is 182 g/mol. The Bertz CT molecular complexity index is 160. The third-order valence-corrected chi connectivity index (χ3v) is 2.46. The van der Waals surface area contributed by atoms with Crippen LogP contribution in [0.1, 0.15) is 40.5 Å². The summed E-state index contributed by atoms with van der Waals surface area (Å²) in [4.78, 5) is 2.39. The molecule has 0 aliphatic heterocycles. The first-order chi connectivity index (χ1) is 6.15. The quantitative estimate of drug-likeness (QED) is 0.631. The minimum absolute atomic E-state index is 0.152. The van der Waals surface area contributed by atoms with Crippen LogP contribution in [-0.4, -0.2) is 24.0 Å². The van der Waals surface area contributed by atoms with Gasteiger partial charge < -0.3 is 0 Å². The molecular formula is C11H22N2. The molecule has 0 rings (SSSR count). The maximum Gasteiger partial charge on any atom is 0.0666 e. The van der Waals surface area contributed by atoms with Gasteiger partial charge in [-0.1, -0.05) is 20.3 Å². The monoisotopic (exact) mass is 182 g/mol. The van der Waals surface area contributed by atoms with Crippen LogP contribution < -0.4 is 0 Å². The van der Waals surface area contributed by atoms with Gasteiger partial charge in [-0.25, -0.2) is 0 Å². The second-order valence-electron chi connectivity index (χ2n) is 3.76. The van der Waals surface area contributed by atoms with Gasteiger partial charge in [-0.15, -0.1) is 0 Å². The molecule has 2 unspecified atom stereocenters. The highest BCUT2D eigenvalue weighted by atomic mass is 15.1. The fourth-order valence-electron chi connectivity index (χ4n) is 1.61. The molecule has 0 bridgehead atoms. The van der Waals surface area contributed by atoms with Gasteiger partial charge in [0.05, 0.1) is 12.0 Å². The van der Waals surface area contributed by atoms with E-state index in [1.54, 1.807) is 0 Å². The smallest absolute Gasteiger partial charge is 0.0666 e. The third kappa shape index (κ3) is 4.90. The van der Waals surface area contributed by atoms with E-state index in [0.717, 1.165) is 13.1 Å². The van der Waals surface area contributed by atoms with Crippen LogP contribution in [0.25, 0.3) is 0 Å². The fraction of sp³-hybridized carbons (Fsp3) is 0.909. The van der Waals surface area contributed by atoms with Crippen LogP contribution in [0.15, 0.2) is 0 Å². The zero-order chi connectivity index (χ0) is 10.3. The van der Waals surface area contributed by atoms with E-state index in [2.05, 4.69) is 31.7 Å². The molecule has 2 nitrogen and oxygen atoms in total. The van der Waals surface area contributed by atoms with Gasteiger partial charge in [-0.3, -0.25) is 4.90 Å². The Morgan fingerprint density at radius 1 is 1.31 bits per heavy atom. The summed E-state index contributed by atoms with van der Waals surface area (Å²) in [5, 5.41) is 8.71. The summed E-state index contributed by atoms with van der Waals surface area (Å²) in [7, 11) is 0.